The Kier molecular flexibility index (Phi) is 8.80. The van der Waals surface area contributed by atoms with Crippen LogP contribution in [0.25, 0.3) is 0 Å². The number of carbonyl (C=O) groups is 4. The molecule has 0 aliphatic carbocycles. The number of nitrogens with one attached hydrogen (secondary N) is 2. The Hall–Kier alpha value is -3.32. The summed E-state index contributed by atoms with van der Waals surface area (Å²) in [5, 5.41) is 8.91. The summed E-state index contributed by atoms with van der Waals surface area (Å²) in [6.45, 7) is 5.53. The number of amides is 4. The number of carbonyl (C=O) groups excluding carboxylic acids is 4. The first-order chi connectivity index (χ1) is 17.0. The Balaban J connectivity index is 0.000000201. The topological polar surface area (TPSA) is 138 Å². The number of hydrogen-bond donors (Lipinski definition) is 3. The van der Waals surface area contributed by atoms with Crippen molar-refractivity contribution in [2.75, 3.05) is 26.7 Å². The zero-order chi connectivity index (χ0) is 26.6. The van der Waals surface area contributed by atoms with Crippen molar-refractivity contribution in [3.05, 3.63) is 50.7 Å². The van der Waals surface area contributed by atoms with Crippen LogP contribution in [0.5, 0.6) is 0 Å². The lowest BCUT2D eigenvalue weighted by Gasteiger charge is -2.26. The van der Waals surface area contributed by atoms with E-state index in [2.05, 4.69) is 15.6 Å². The van der Waals surface area contributed by atoms with E-state index in [0.717, 1.165) is 35.4 Å². The molecule has 1 saturated heterocycles. The molecular weight excluding hydrogens is 486 g/mol. The molecule has 1 aromatic heterocycles. The summed E-state index contributed by atoms with van der Waals surface area (Å²) in [6, 6.07) is 4.46. The van der Waals surface area contributed by atoms with Gasteiger partial charge in [-0.3, -0.25) is 24.2 Å². The summed E-state index contributed by atoms with van der Waals surface area (Å²) in [6.07, 6.45) is 0.948. The van der Waals surface area contributed by atoms with Crippen molar-refractivity contribution in [2.45, 2.75) is 32.6 Å². The highest BCUT2D eigenvalue weighted by atomic mass is 32.1. The van der Waals surface area contributed by atoms with Crippen LogP contribution >= 0.6 is 11.3 Å². The summed E-state index contributed by atoms with van der Waals surface area (Å²) in [5.41, 5.74) is 7.14. The van der Waals surface area contributed by atoms with Gasteiger partial charge in [0.05, 0.1) is 19.5 Å². The molecule has 13 heteroatoms. The van der Waals surface area contributed by atoms with E-state index in [1.165, 1.54) is 19.2 Å². The van der Waals surface area contributed by atoms with Gasteiger partial charge in [-0.1, -0.05) is 13.0 Å². The van der Waals surface area contributed by atoms with Gasteiger partial charge in [-0.25, -0.2) is 14.4 Å². The SMILES string of the molecule is CNC(=O)c1nc(C)c(C(=O)NC[C@@H](C)C(N)=O)s1.[B]C1C(=O)N2CCCN2Cc2cc(F)ccc21. The van der Waals surface area contributed by atoms with Crippen LogP contribution in [0, 0.1) is 18.7 Å². The zero-order valence-electron chi connectivity index (χ0n) is 20.3. The van der Waals surface area contributed by atoms with Gasteiger partial charge in [0.2, 0.25) is 11.8 Å². The minimum atomic E-state index is -0.673. The highest BCUT2D eigenvalue weighted by molar-refractivity contribution is 7.15. The largest absolute Gasteiger partial charge is 0.369 e. The van der Waals surface area contributed by atoms with Crippen LogP contribution in [0.15, 0.2) is 18.2 Å². The molecule has 0 spiro atoms. The third kappa shape index (κ3) is 6.08. The van der Waals surface area contributed by atoms with Crippen molar-refractivity contribution in [1.82, 2.24) is 25.6 Å². The molecule has 36 heavy (non-hydrogen) atoms. The van der Waals surface area contributed by atoms with E-state index in [4.69, 9.17) is 13.6 Å². The molecule has 1 aromatic carbocycles. The van der Waals surface area contributed by atoms with Crippen LogP contribution in [0.4, 0.5) is 4.39 Å². The van der Waals surface area contributed by atoms with Crippen molar-refractivity contribution in [3.8, 4) is 0 Å². The zero-order valence-corrected chi connectivity index (χ0v) is 21.2. The van der Waals surface area contributed by atoms with Crippen LogP contribution < -0.4 is 16.4 Å². The number of fused-ring (bicyclic) bond motifs is 2. The van der Waals surface area contributed by atoms with E-state index < -0.39 is 17.6 Å². The van der Waals surface area contributed by atoms with Crippen LogP contribution in [-0.2, 0) is 16.1 Å². The van der Waals surface area contributed by atoms with Crippen LogP contribution in [-0.4, -0.2) is 73.2 Å². The lowest BCUT2D eigenvalue weighted by molar-refractivity contribution is -0.143. The number of primary amides is 1. The number of aromatic nitrogens is 1. The molecule has 3 heterocycles. The first-order valence-corrected chi connectivity index (χ1v) is 12.2. The number of rotatable bonds is 5. The van der Waals surface area contributed by atoms with Crippen molar-refractivity contribution >= 4 is 42.8 Å². The van der Waals surface area contributed by atoms with E-state index in [1.807, 2.05) is 5.01 Å². The second-order valence-corrected chi connectivity index (χ2v) is 9.55. The maximum atomic E-state index is 13.2. The summed E-state index contributed by atoms with van der Waals surface area (Å²) < 4.78 is 13.2. The van der Waals surface area contributed by atoms with Crippen LogP contribution in [0.3, 0.4) is 0 Å². The van der Waals surface area contributed by atoms with Crippen molar-refractivity contribution in [3.63, 3.8) is 0 Å². The summed E-state index contributed by atoms with van der Waals surface area (Å²) in [7, 11) is 7.45. The van der Waals surface area contributed by atoms with Crippen molar-refractivity contribution < 1.29 is 23.6 Å². The molecular formula is C23H28BFN6O4S. The molecule has 0 saturated carbocycles. The van der Waals surface area contributed by atoms with E-state index in [-0.39, 0.29) is 35.1 Å². The van der Waals surface area contributed by atoms with Crippen LogP contribution in [0.1, 0.15) is 55.5 Å². The minimum absolute atomic E-state index is 0.0899. The number of thiazole rings is 1. The summed E-state index contributed by atoms with van der Waals surface area (Å²) in [4.78, 5) is 50.7. The average Bonchev–Trinajstić information content (AvgIpc) is 3.45. The van der Waals surface area contributed by atoms with Gasteiger partial charge in [0.15, 0.2) is 5.01 Å². The minimum Gasteiger partial charge on any atom is -0.369 e. The van der Waals surface area contributed by atoms with Gasteiger partial charge >= 0.3 is 0 Å². The molecule has 2 aromatic rings. The third-order valence-electron chi connectivity index (χ3n) is 5.92. The molecule has 4 rings (SSSR count). The van der Waals surface area contributed by atoms with Gasteiger partial charge in [0.1, 0.15) is 10.7 Å². The van der Waals surface area contributed by atoms with Gasteiger partial charge in [-0.05, 0) is 36.6 Å². The molecule has 1 fully saturated rings. The smallest absolute Gasteiger partial charge is 0.280 e. The van der Waals surface area contributed by atoms with E-state index in [1.54, 1.807) is 24.9 Å². The van der Waals surface area contributed by atoms with Gasteiger partial charge in [0.25, 0.3) is 11.8 Å². The Bertz CT molecular complexity index is 1180. The first-order valence-electron chi connectivity index (χ1n) is 11.4. The van der Waals surface area contributed by atoms with Gasteiger partial charge in [0, 0.05) is 39.0 Å². The van der Waals surface area contributed by atoms with Gasteiger partial charge in [-0.15, -0.1) is 11.3 Å². The second-order valence-electron chi connectivity index (χ2n) is 8.55. The Labute approximate surface area is 213 Å². The fourth-order valence-corrected chi connectivity index (χ4v) is 4.75. The number of nitrogens with two attached hydrogens (primary N) is 1. The Morgan fingerprint density at radius 2 is 2.03 bits per heavy atom. The molecule has 2 radical (unpaired) electrons. The van der Waals surface area contributed by atoms with Gasteiger partial charge in [-0.2, -0.15) is 0 Å². The fraction of sp³-hybridized carbons (Fsp3) is 0.435. The highest BCUT2D eigenvalue weighted by Crippen LogP contribution is 2.29. The van der Waals surface area contributed by atoms with Gasteiger partial charge < -0.3 is 16.4 Å². The number of benzene rings is 1. The average molecular weight is 514 g/mol. The number of nitrogens with zero attached hydrogens (tertiary/aromatic N) is 3. The molecule has 4 N–H and O–H groups in total. The van der Waals surface area contributed by atoms with E-state index >= 15 is 0 Å². The third-order valence-corrected chi connectivity index (χ3v) is 7.07. The number of hydrazine groups is 1. The molecule has 190 valence electrons. The number of aryl methyl sites for hydroxylation is 1. The molecule has 2 atom stereocenters. The predicted molar refractivity (Wildman–Crippen MR) is 133 cm³/mol. The number of halogens is 1. The molecule has 0 bridgehead atoms. The number of hydrogen-bond acceptors (Lipinski definition) is 7. The molecule has 2 aliphatic rings. The van der Waals surface area contributed by atoms with Crippen molar-refractivity contribution in [2.24, 2.45) is 11.7 Å². The second kappa shape index (κ2) is 11.6. The lowest BCUT2D eigenvalue weighted by atomic mass is 9.78. The predicted octanol–water partition coefficient (Wildman–Crippen LogP) is 0.661. The Morgan fingerprint density at radius 1 is 1.31 bits per heavy atom. The van der Waals surface area contributed by atoms with E-state index in [9.17, 15) is 23.6 Å². The monoisotopic (exact) mass is 514 g/mol. The first kappa shape index (κ1) is 27.3. The molecule has 1 unspecified atom stereocenters. The standard InChI is InChI=1S/C12H12BFN2O.C11H16N4O3S/c13-11-10-3-2-9(14)6-8(10)7-15-4-1-5-16(15)12(11)17;1-5(8(12)16)4-14-9(17)7-6(2)15-11(19-7)10(18)13-3/h2-3,6,11H,1,4-5,7H2;5H,4H2,1-3H3,(H2,12,16)(H,13,18)(H,14,17)/t;5-/m.1/s1. The maximum Gasteiger partial charge on any atom is 0.280 e. The van der Waals surface area contributed by atoms with E-state index in [0.29, 0.717) is 23.7 Å². The summed E-state index contributed by atoms with van der Waals surface area (Å²) in [5.74, 6) is -2.67. The quantitative estimate of drug-likeness (QED) is 0.502. The Morgan fingerprint density at radius 3 is 2.69 bits per heavy atom. The van der Waals surface area contributed by atoms with Crippen molar-refractivity contribution in [1.29, 1.82) is 0 Å². The highest BCUT2D eigenvalue weighted by Gasteiger charge is 2.34. The molecule has 2 aliphatic heterocycles. The molecule has 10 nitrogen and oxygen atoms in total. The lowest BCUT2D eigenvalue weighted by Crippen LogP contribution is -2.41. The summed E-state index contributed by atoms with van der Waals surface area (Å²) >= 11 is 1.01. The molecule has 4 amide bonds. The fourth-order valence-electron chi connectivity index (χ4n) is 3.82. The normalized spacial score (nSPS) is 17.7. The van der Waals surface area contributed by atoms with Crippen LogP contribution in [0.2, 0.25) is 0 Å². The maximum absolute atomic E-state index is 13.2.